The van der Waals surface area contributed by atoms with Gasteiger partial charge in [0.25, 0.3) is 5.56 Å². The zero-order valence-corrected chi connectivity index (χ0v) is 20.7. The van der Waals surface area contributed by atoms with Crippen LogP contribution in [0.4, 0.5) is 0 Å². The Hall–Kier alpha value is -2.61. The predicted octanol–water partition coefficient (Wildman–Crippen LogP) is 5.01. The van der Waals surface area contributed by atoms with Crippen LogP contribution in [-0.2, 0) is 13.5 Å². The standard InChI is InChI=1S/C26H32N4O3S/c1-3-18(8-9-20-12-23-22(13-28-20)33-16-34-23)19-6-4-17(5-7-19)15-32-21-10-11-27-26-25(21)30(2)24(31)14-29-26/h10-14,17-19H,3-9,15-16H2,1-2H3. The van der Waals surface area contributed by atoms with E-state index >= 15 is 0 Å². The van der Waals surface area contributed by atoms with Crippen LogP contribution >= 0.6 is 11.8 Å². The van der Waals surface area contributed by atoms with Gasteiger partial charge in [-0.1, -0.05) is 25.1 Å². The molecule has 180 valence electrons. The number of rotatable bonds is 8. The van der Waals surface area contributed by atoms with Gasteiger partial charge in [0.1, 0.15) is 17.2 Å². The summed E-state index contributed by atoms with van der Waals surface area (Å²) in [5, 5.41) is 0. The molecule has 3 aromatic heterocycles. The highest BCUT2D eigenvalue weighted by Crippen LogP contribution is 2.38. The lowest BCUT2D eigenvalue weighted by molar-refractivity contribution is 0.148. The first kappa shape index (κ1) is 23.1. The summed E-state index contributed by atoms with van der Waals surface area (Å²) in [6, 6.07) is 4.04. The van der Waals surface area contributed by atoms with Crippen LogP contribution in [0, 0.1) is 17.8 Å². The molecule has 2 aliphatic rings. The monoisotopic (exact) mass is 480 g/mol. The third-order valence-corrected chi connectivity index (χ3v) is 8.34. The third kappa shape index (κ3) is 4.92. The summed E-state index contributed by atoms with van der Waals surface area (Å²) in [6.07, 6.45) is 13.2. The highest BCUT2D eigenvalue weighted by atomic mass is 32.2. The quantitative estimate of drug-likeness (QED) is 0.448. The Morgan fingerprint density at radius 3 is 2.88 bits per heavy atom. The number of aromatic nitrogens is 4. The number of hydrogen-bond acceptors (Lipinski definition) is 7. The van der Waals surface area contributed by atoms with Crippen LogP contribution in [0.25, 0.3) is 11.2 Å². The van der Waals surface area contributed by atoms with Crippen LogP contribution in [0.1, 0.15) is 51.1 Å². The number of aryl methyl sites for hydroxylation is 2. The van der Waals surface area contributed by atoms with Crippen LogP contribution in [-0.4, -0.2) is 32.1 Å². The third-order valence-electron chi connectivity index (χ3n) is 7.48. The van der Waals surface area contributed by atoms with E-state index in [1.54, 1.807) is 29.6 Å². The molecular weight excluding hydrogens is 448 g/mol. The fourth-order valence-electron chi connectivity index (χ4n) is 5.38. The number of pyridine rings is 2. The maximum absolute atomic E-state index is 12.0. The van der Waals surface area contributed by atoms with E-state index in [1.165, 1.54) is 55.3 Å². The molecule has 1 fully saturated rings. The van der Waals surface area contributed by atoms with Gasteiger partial charge >= 0.3 is 0 Å². The summed E-state index contributed by atoms with van der Waals surface area (Å²) in [7, 11) is 1.74. The Bertz CT molecular complexity index is 1210. The number of nitrogens with zero attached hydrogens (tertiary/aromatic N) is 4. The van der Waals surface area contributed by atoms with Gasteiger partial charge in [-0.15, -0.1) is 0 Å². The minimum atomic E-state index is -0.154. The molecule has 0 spiro atoms. The highest BCUT2D eigenvalue weighted by Gasteiger charge is 2.27. The molecule has 0 N–H and O–H groups in total. The van der Waals surface area contributed by atoms with Crippen LogP contribution in [0.5, 0.6) is 11.5 Å². The first-order chi connectivity index (χ1) is 16.6. The van der Waals surface area contributed by atoms with E-state index in [0.717, 1.165) is 24.0 Å². The minimum absolute atomic E-state index is 0.154. The van der Waals surface area contributed by atoms with E-state index in [4.69, 9.17) is 9.47 Å². The summed E-state index contributed by atoms with van der Waals surface area (Å²) < 4.78 is 13.3. The number of hydrogen-bond donors (Lipinski definition) is 0. The van der Waals surface area contributed by atoms with E-state index in [2.05, 4.69) is 27.9 Å². The summed E-state index contributed by atoms with van der Waals surface area (Å²) >= 11 is 1.76. The first-order valence-corrected chi connectivity index (χ1v) is 13.3. The van der Waals surface area contributed by atoms with Crippen molar-refractivity contribution in [3.8, 4) is 11.5 Å². The largest absolute Gasteiger partial charge is 0.491 e. The van der Waals surface area contributed by atoms with Gasteiger partial charge in [-0.05, 0) is 62.3 Å². The van der Waals surface area contributed by atoms with Gasteiger partial charge in [0.2, 0.25) is 0 Å². The lowest BCUT2D eigenvalue weighted by atomic mass is 9.73. The molecule has 0 bridgehead atoms. The summed E-state index contributed by atoms with van der Waals surface area (Å²) in [5.41, 5.74) is 2.24. The number of thioether (sulfide) groups is 1. The lowest BCUT2D eigenvalue weighted by Gasteiger charge is -2.33. The Kier molecular flexibility index (Phi) is 7.04. The van der Waals surface area contributed by atoms with Gasteiger partial charge in [-0.25, -0.2) is 9.97 Å². The molecule has 5 rings (SSSR count). The average Bonchev–Trinajstić information content (AvgIpc) is 3.34. The molecule has 3 aromatic rings. The molecule has 0 aromatic carbocycles. The summed E-state index contributed by atoms with van der Waals surface area (Å²) in [4.78, 5) is 26.3. The van der Waals surface area contributed by atoms with Crippen molar-refractivity contribution in [3.05, 3.63) is 46.8 Å². The number of fused-ring (bicyclic) bond motifs is 2. The SMILES string of the molecule is CCC(CCc1cc2c(cn1)OCS2)C1CCC(COc2ccnc3ncc(=O)n(C)c23)CC1. The van der Waals surface area contributed by atoms with Gasteiger partial charge in [-0.3, -0.25) is 9.78 Å². The Labute approximate surface area is 204 Å². The van der Waals surface area contributed by atoms with Crippen molar-refractivity contribution >= 4 is 22.9 Å². The molecule has 1 unspecified atom stereocenters. The van der Waals surface area contributed by atoms with Gasteiger partial charge in [0, 0.05) is 25.0 Å². The van der Waals surface area contributed by atoms with Crippen molar-refractivity contribution in [1.29, 1.82) is 0 Å². The summed E-state index contributed by atoms with van der Waals surface area (Å²) in [6.45, 7) is 3.00. The Morgan fingerprint density at radius 2 is 2.06 bits per heavy atom. The van der Waals surface area contributed by atoms with E-state index < -0.39 is 0 Å². The van der Waals surface area contributed by atoms with Gasteiger partial charge in [0.15, 0.2) is 11.4 Å². The molecular formula is C26H32N4O3S. The fourth-order valence-corrected chi connectivity index (χ4v) is 6.17. The van der Waals surface area contributed by atoms with Crippen molar-refractivity contribution in [2.24, 2.45) is 24.8 Å². The molecule has 0 saturated heterocycles. The highest BCUT2D eigenvalue weighted by molar-refractivity contribution is 7.99. The lowest BCUT2D eigenvalue weighted by Crippen LogP contribution is -2.25. The minimum Gasteiger partial charge on any atom is -0.491 e. The predicted molar refractivity (Wildman–Crippen MR) is 133 cm³/mol. The van der Waals surface area contributed by atoms with Crippen LogP contribution in [0.15, 0.2) is 40.4 Å². The molecule has 1 atom stereocenters. The van der Waals surface area contributed by atoms with Gasteiger partial charge < -0.3 is 14.0 Å². The molecule has 8 heteroatoms. The smallest absolute Gasteiger partial charge is 0.269 e. The second-order valence-electron chi connectivity index (χ2n) is 9.46. The molecule has 1 aliphatic carbocycles. The zero-order chi connectivity index (χ0) is 23.5. The Balaban J connectivity index is 1.14. The van der Waals surface area contributed by atoms with E-state index in [0.29, 0.717) is 35.4 Å². The van der Waals surface area contributed by atoms with E-state index in [-0.39, 0.29) is 5.56 Å². The topological polar surface area (TPSA) is 79.1 Å². The molecule has 4 heterocycles. The normalized spacial score (nSPS) is 20.6. The van der Waals surface area contributed by atoms with Gasteiger partial charge in [-0.2, -0.15) is 0 Å². The summed E-state index contributed by atoms with van der Waals surface area (Å²) in [5.74, 6) is 4.39. The second-order valence-corrected chi connectivity index (χ2v) is 10.4. The molecule has 34 heavy (non-hydrogen) atoms. The van der Waals surface area contributed by atoms with Crippen molar-refractivity contribution in [1.82, 2.24) is 19.5 Å². The van der Waals surface area contributed by atoms with Crippen molar-refractivity contribution in [2.45, 2.75) is 56.8 Å². The van der Waals surface area contributed by atoms with Crippen LogP contribution in [0.2, 0.25) is 0 Å². The van der Waals surface area contributed by atoms with Crippen molar-refractivity contribution in [2.75, 3.05) is 12.5 Å². The van der Waals surface area contributed by atoms with Crippen LogP contribution in [0.3, 0.4) is 0 Å². The Morgan fingerprint density at radius 1 is 1.21 bits per heavy atom. The average molecular weight is 481 g/mol. The first-order valence-electron chi connectivity index (χ1n) is 12.3. The number of ether oxygens (including phenoxy) is 2. The van der Waals surface area contributed by atoms with Crippen LogP contribution < -0.4 is 15.0 Å². The second kappa shape index (κ2) is 10.3. The maximum Gasteiger partial charge on any atom is 0.269 e. The van der Waals surface area contributed by atoms with Crippen molar-refractivity contribution in [3.63, 3.8) is 0 Å². The molecule has 1 saturated carbocycles. The maximum atomic E-state index is 12.0. The fraction of sp³-hybridized carbons (Fsp3) is 0.538. The van der Waals surface area contributed by atoms with E-state index in [1.807, 2.05) is 12.3 Å². The molecule has 0 radical (unpaired) electrons. The van der Waals surface area contributed by atoms with Crippen molar-refractivity contribution < 1.29 is 9.47 Å². The molecule has 0 amide bonds. The van der Waals surface area contributed by atoms with E-state index in [9.17, 15) is 4.79 Å². The molecule has 7 nitrogen and oxygen atoms in total. The van der Waals surface area contributed by atoms with Gasteiger partial charge in [0.05, 0.1) is 23.9 Å². The zero-order valence-electron chi connectivity index (χ0n) is 19.9. The molecule has 1 aliphatic heterocycles.